The number of anilines is 1. The minimum Gasteiger partial charge on any atom is -0.477 e. The fraction of sp³-hybridized carbons (Fsp3) is 0.533. The van der Waals surface area contributed by atoms with Crippen LogP contribution in [0.25, 0.3) is 0 Å². The Morgan fingerprint density at radius 2 is 1.95 bits per heavy atom. The lowest BCUT2D eigenvalue weighted by Gasteiger charge is -2.40. The molecule has 2 N–H and O–H groups in total. The van der Waals surface area contributed by atoms with Gasteiger partial charge in [-0.1, -0.05) is 30.4 Å². The minimum atomic E-state index is -1.06. The number of carboxylic acid groups (broad SMARTS) is 1. The number of hydrogen-bond donors (Lipinski definition) is 2. The highest BCUT2D eigenvalue weighted by Gasteiger charge is 2.39. The smallest absolute Gasteiger partial charge is 0.348 e. The molecular formula is C30H37N3O5S. The molecule has 2 aromatic rings. The summed E-state index contributed by atoms with van der Waals surface area (Å²) in [7, 11) is 0. The van der Waals surface area contributed by atoms with Gasteiger partial charge in [0.05, 0.1) is 10.6 Å². The molecule has 2 aromatic heterocycles. The van der Waals surface area contributed by atoms with Crippen LogP contribution < -0.4 is 15.2 Å². The van der Waals surface area contributed by atoms with Crippen LogP contribution >= 0.6 is 11.3 Å². The van der Waals surface area contributed by atoms with Crippen LogP contribution in [0.1, 0.15) is 87.7 Å². The number of nitrogens with zero attached hydrogens (tertiary/aromatic N) is 2. The molecular weight excluding hydrogens is 514 g/mol. The molecule has 2 atom stereocenters. The van der Waals surface area contributed by atoms with Gasteiger partial charge in [-0.05, 0) is 78.2 Å². The number of ether oxygens (including phenoxy) is 1. The molecule has 0 aliphatic heterocycles. The summed E-state index contributed by atoms with van der Waals surface area (Å²) >= 11 is 1.12. The Bertz CT molecular complexity index is 1370. The van der Waals surface area contributed by atoms with E-state index < -0.39 is 5.97 Å². The van der Waals surface area contributed by atoms with Gasteiger partial charge in [-0.15, -0.1) is 11.3 Å². The predicted molar refractivity (Wildman–Crippen MR) is 152 cm³/mol. The molecule has 1 saturated carbocycles. The Labute approximate surface area is 233 Å². The highest BCUT2D eigenvalue weighted by Crippen LogP contribution is 2.39. The molecule has 8 nitrogen and oxygen atoms in total. The van der Waals surface area contributed by atoms with Crippen molar-refractivity contribution in [2.24, 2.45) is 17.3 Å². The zero-order valence-electron chi connectivity index (χ0n) is 23.2. The number of carbonyl (C=O) groups excluding carboxylic acids is 1. The van der Waals surface area contributed by atoms with Crippen molar-refractivity contribution < 1.29 is 19.4 Å². The van der Waals surface area contributed by atoms with E-state index >= 15 is 0 Å². The summed E-state index contributed by atoms with van der Waals surface area (Å²) in [5.41, 5.74) is 1.21. The number of hydrogen-bond acceptors (Lipinski definition) is 6. The van der Waals surface area contributed by atoms with Gasteiger partial charge in [-0.25, -0.2) is 9.78 Å². The molecule has 0 bridgehead atoms. The molecule has 4 rings (SSSR count). The standard InChI is InChI=1S/C30H37N3O5S/c1-18-6-11-23(19(2)16-18)27(35)33(24-17-22(12-14-30(3,4)5)39-26(24)28(36)37)20-7-9-21(10-8-20)38-29-31-15-13-25(34)32-29/h6,13,15,17,19-21,23H,7-11,16H2,1-5H3,(H,36,37)(H,31,32,34)/t19-,20?,21?,23-/m0/s1. The Hall–Kier alpha value is -3.38. The third-order valence-electron chi connectivity index (χ3n) is 7.27. The van der Waals surface area contributed by atoms with Crippen LogP contribution in [0.5, 0.6) is 6.01 Å². The number of carboxylic acids is 1. The van der Waals surface area contributed by atoms with Gasteiger partial charge in [-0.3, -0.25) is 14.6 Å². The number of amides is 1. The van der Waals surface area contributed by atoms with Crippen molar-refractivity contribution in [2.75, 3.05) is 4.90 Å². The molecule has 39 heavy (non-hydrogen) atoms. The van der Waals surface area contributed by atoms with Crippen LogP contribution in [0.2, 0.25) is 0 Å². The summed E-state index contributed by atoms with van der Waals surface area (Å²) in [5.74, 6) is 5.18. The van der Waals surface area contributed by atoms with Crippen LogP contribution in [0.15, 0.2) is 34.8 Å². The van der Waals surface area contributed by atoms with Crippen molar-refractivity contribution in [3.8, 4) is 17.9 Å². The van der Waals surface area contributed by atoms with E-state index in [1.54, 1.807) is 11.0 Å². The lowest BCUT2D eigenvalue weighted by Crippen LogP contribution is -2.48. The number of aromatic carboxylic acids is 1. The van der Waals surface area contributed by atoms with Gasteiger partial charge in [0.2, 0.25) is 5.91 Å². The second-order valence-electron chi connectivity index (χ2n) is 11.7. The van der Waals surface area contributed by atoms with Crippen molar-refractivity contribution in [1.82, 2.24) is 9.97 Å². The molecule has 0 unspecified atom stereocenters. The van der Waals surface area contributed by atoms with E-state index in [0.717, 1.165) is 17.8 Å². The molecule has 1 fully saturated rings. The molecule has 2 heterocycles. The Morgan fingerprint density at radius 1 is 1.23 bits per heavy atom. The van der Waals surface area contributed by atoms with Crippen molar-refractivity contribution in [2.45, 2.75) is 85.3 Å². The summed E-state index contributed by atoms with van der Waals surface area (Å²) in [5, 5.41) is 10.1. The average molecular weight is 552 g/mol. The van der Waals surface area contributed by atoms with E-state index in [2.05, 4.69) is 41.7 Å². The zero-order valence-corrected chi connectivity index (χ0v) is 24.1. The van der Waals surface area contributed by atoms with Gasteiger partial charge < -0.3 is 14.7 Å². The van der Waals surface area contributed by atoms with Gasteiger partial charge in [0, 0.05) is 29.6 Å². The topological polar surface area (TPSA) is 113 Å². The first kappa shape index (κ1) is 28.6. The summed E-state index contributed by atoms with van der Waals surface area (Å²) in [6.07, 6.45) is 7.46. The number of aromatic nitrogens is 2. The Morgan fingerprint density at radius 3 is 2.56 bits per heavy atom. The van der Waals surface area contributed by atoms with Crippen LogP contribution in [0.4, 0.5) is 5.69 Å². The summed E-state index contributed by atoms with van der Waals surface area (Å²) in [4.78, 5) is 47.4. The number of rotatable bonds is 6. The quantitative estimate of drug-likeness (QED) is 0.355. The molecule has 0 spiro atoms. The van der Waals surface area contributed by atoms with E-state index in [-0.39, 0.29) is 51.8 Å². The van der Waals surface area contributed by atoms with Crippen molar-refractivity contribution >= 4 is 28.9 Å². The number of allylic oxidation sites excluding steroid dienone is 2. The number of aromatic amines is 1. The molecule has 208 valence electrons. The first-order chi connectivity index (χ1) is 18.4. The summed E-state index contributed by atoms with van der Waals surface area (Å²) in [6, 6.07) is 3.12. The van der Waals surface area contributed by atoms with Gasteiger partial charge in [-0.2, -0.15) is 0 Å². The van der Waals surface area contributed by atoms with Gasteiger partial charge in [0.25, 0.3) is 11.6 Å². The molecule has 0 saturated heterocycles. The van der Waals surface area contributed by atoms with E-state index in [4.69, 9.17) is 4.74 Å². The highest BCUT2D eigenvalue weighted by atomic mass is 32.1. The maximum atomic E-state index is 14.2. The normalized spacial score (nSPS) is 23.3. The Kier molecular flexibility index (Phi) is 8.65. The maximum absolute atomic E-state index is 14.2. The van der Waals surface area contributed by atoms with Gasteiger partial charge in [0.1, 0.15) is 11.0 Å². The van der Waals surface area contributed by atoms with Crippen LogP contribution in [0.3, 0.4) is 0 Å². The first-order valence-electron chi connectivity index (χ1n) is 13.5. The highest BCUT2D eigenvalue weighted by molar-refractivity contribution is 7.15. The molecule has 1 amide bonds. The molecule has 2 aliphatic carbocycles. The fourth-order valence-corrected chi connectivity index (χ4v) is 6.17. The third kappa shape index (κ3) is 7.18. The predicted octanol–water partition coefficient (Wildman–Crippen LogP) is 5.64. The van der Waals surface area contributed by atoms with Crippen LogP contribution in [-0.4, -0.2) is 39.1 Å². The number of nitrogens with one attached hydrogen (secondary N) is 1. The monoisotopic (exact) mass is 551 g/mol. The van der Waals surface area contributed by atoms with Crippen molar-refractivity contribution in [3.05, 3.63) is 50.1 Å². The molecule has 9 heteroatoms. The number of carbonyl (C=O) groups is 2. The first-order valence-corrected chi connectivity index (χ1v) is 14.3. The molecule has 2 aliphatic rings. The van der Waals surface area contributed by atoms with E-state index in [1.165, 1.54) is 17.8 Å². The van der Waals surface area contributed by atoms with Crippen LogP contribution in [-0.2, 0) is 4.79 Å². The third-order valence-corrected chi connectivity index (χ3v) is 8.30. The summed E-state index contributed by atoms with van der Waals surface area (Å²) in [6.45, 7) is 10.2. The van der Waals surface area contributed by atoms with Gasteiger partial charge in [0.15, 0.2) is 0 Å². The lowest BCUT2D eigenvalue weighted by atomic mass is 9.79. The second kappa shape index (κ2) is 11.8. The van der Waals surface area contributed by atoms with Gasteiger partial charge >= 0.3 is 5.97 Å². The molecule has 0 aromatic carbocycles. The van der Waals surface area contributed by atoms with E-state index in [9.17, 15) is 19.5 Å². The van der Waals surface area contributed by atoms with Crippen molar-refractivity contribution in [3.63, 3.8) is 0 Å². The second-order valence-corrected chi connectivity index (χ2v) is 12.8. The van der Waals surface area contributed by atoms with E-state index in [1.807, 2.05) is 20.8 Å². The van der Waals surface area contributed by atoms with Crippen LogP contribution in [0, 0.1) is 29.1 Å². The number of H-pyrrole nitrogens is 1. The largest absolute Gasteiger partial charge is 0.477 e. The fourth-order valence-electron chi connectivity index (χ4n) is 5.33. The SMILES string of the molecule is CC1=CC[C@H](C(=O)N(c2cc(C#CC(C)(C)C)sc2C(=O)O)C2CCC(Oc3nccc(=O)[nH]3)CC2)[C@@H](C)C1. The number of thiophene rings is 1. The zero-order chi connectivity index (χ0) is 28.3. The lowest BCUT2D eigenvalue weighted by molar-refractivity contribution is -0.124. The van der Waals surface area contributed by atoms with Crippen molar-refractivity contribution in [1.29, 1.82) is 0 Å². The Balaban J connectivity index is 1.65. The average Bonchev–Trinajstić information content (AvgIpc) is 3.28. The van der Waals surface area contributed by atoms with E-state index in [0.29, 0.717) is 42.7 Å². The molecule has 0 radical (unpaired) electrons. The summed E-state index contributed by atoms with van der Waals surface area (Å²) < 4.78 is 5.92. The maximum Gasteiger partial charge on any atom is 0.348 e. The minimum absolute atomic E-state index is 0.0275.